The molecule has 0 bridgehead atoms. The van der Waals surface area contributed by atoms with E-state index in [1.807, 2.05) is 6.07 Å². The third-order valence-corrected chi connectivity index (χ3v) is 5.26. The van der Waals surface area contributed by atoms with Gasteiger partial charge < -0.3 is 10.1 Å². The van der Waals surface area contributed by atoms with Gasteiger partial charge in [0.1, 0.15) is 0 Å². The monoisotopic (exact) mass is 289 g/mol. The molecule has 1 aromatic heterocycles. The molecule has 1 atom stereocenters. The summed E-state index contributed by atoms with van der Waals surface area (Å²) in [5, 5.41) is 3.76. The van der Waals surface area contributed by atoms with E-state index < -0.39 is 0 Å². The van der Waals surface area contributed by atoms with Crippen LogP contribution >= 0.6 is 0 Å². The molecule has 1 aliphatic carbocycles. The highest BCUT2D eigenvalue weighted by atomic mass is 16.5. The molecule has 2 heterocycles. The molecular weight excluding hydrogens is 262 g/mol. The fourth-order valence-electron chi connectivity index (χ4n) is 3.94. The van der Waals surface area contributed by atoms with Gasteiger partial charge in [0.2, 0.25) is 5.88 Å². The van der Waals surface area contributed by atoms with Gasteiger partial charge in [0.25, 0.3) is 0 Å². The maximum atomic E-state index is 5.44. The lowest BCUT2D eigenvalue weighted by atomic mass is 9.90. The van der Waals surface area contributed by atoms with Crippen LogP contribution in [-0.2, 0) is 6.54 Å². The first-order valence-electron chi connectivity index (χ1n) is 8.24. The summed E-state index contributed by atoms with van der Waals surface area (Å²) in [5.74, 6) is 0.775. The van der Waals surface area contributed by atoms with Crippen LogP contribution in [0.1, 0.15) is 44.6 Å². The maximum Gasteiger partial charge on any atom is 0.217 e. The molecule has 0 amide bonds. The number of methoxy groups -OCH3 is 1. The Balaban J connectivity index is 1.82. The SMILES string of the molecule is CCC1CN(Cc2cccnc2OC)C2(CCCC2)CN1. The first-order chi connectivity index (χ1) is 10.3. The molecule has 116 valence electrons. The Morgan fingerprint density at radius 1 is 1.43 bits per heavy atom. The number of pyridine rings is 1. The summed E-state index contributed by atoms with van der Waals surface area (Å²) < 4.78 is 5.44. The van der Waals surface area contributed by atoms with Crippen LogP contribution in [0.3, 0.4) is 0 Å². The largest absolute Gasteiger partial charge is 0.481 e. The van der Waals surface area contributed by atoms with E-state index in [1.54, 1.807) is 13.3 Å². The lowest BCUT2D eigenvalue weighted by molar-refractivity contribution is 0.0342. The van der Waals surface area contributed by atoms with Crippen LogP contribution in [0.2, 0.25) is 0 Å². The van der Waals surface area contributed by atoms with E-state index in [2.05, 4.69) is 28.2 Å². The molecule has 1 spiro atoms. The smallest absolute Gasteiger partial charge is 0.217 e. The Labute approximate surface area is 127 Å². The highest BCUT2D eigenvalue weighted by molar-refractivity contribution is 5.26. The summed E-state index contributed by atoms with van der Waals surface area (Å²) >= 11 is 0. The van der Waals surface area contributed by atoms with Crippen LogP contribution in [0.4, 0.5) is 0 Å². The zero-order valence-electron chi connectivity index (χ0n) is 13.3. The fourth-order valence-corrected chi connectivity index (χ4v) is 3.94. The highest BCUT2D eigenvalue weighted by Gasteiger charge is 2.43. The molecule has 2 aliphatic rings. The lowest BCUT2D eigenvalue weighted by Crippen LogP contribution is -2.62. The molecule has 0 aromatic carbocycles. The van der Waals surface area contributed by atoms with Crippen molar-refractivity contribution < 1.29 is 4.74 Å². The standard InChI is InChI=1S/C17H27N3O/c1-3-15-12-20(17(13-19-15)8-4-5-9-17)11-14-7-6-10-18-16(14)21-2/h6-7,10,15,19H,3-5,8-9,11-13H2,1-2H3. The van der Waals surface area contributed by atoms with Crippen molar-refractivity contribution in [2.45, 2.75) is 57.2 Å². The molecule has 1 N–H and O–H groups in total. The average molecular weight is 289 g/mol. The molecule has 1 unspecified atom stereocenters. The van der Waals surface area contributed by atoms with E-state index in [-0.39, 0.29) is 0 Å². The fraction of sp³-hybridized carbons (Fsp3) is 0.706. The molecule has 3 rings (SSSR count). The van der Waals surface area contributed by atoms with E-state index in [4.69, 9.17) is 4.74 Å². The van der Waals surface area contributed by atoms with E-state index in [9.17, 15) is 0 Å². The molecule has 1 saturated carbocycles. The van der Waals surface area contributed by atoms with Crippen molar-refractivity contribution in [1.82, 2.24) is 15.2 Å². The van der Waals surface area contributed by atoms with Gasteiger partial charge in [-0.15, -0.1) is 0 Å². The second-order valence-corrected chi connectivity index (χ2v) is 6.47. The minimum absolute atomic E-state index is 0.354. The number of piperazine rings is 1. The molecule has 4 heteroatoms. The highest BCUT2D eigenvalue weighted by Crippen LogP contribution is 2.38. The van der Waals surface area contributed by atoms with Gasteiger partial charge in [-0.1, -0.05) is 25.8 Å². The molecule has 1 aliphatic heterocycles. The van der Waals surface area contributed by atoms with Crippen molar-refractivity contribution in [2.24, 2.45) is 0 Å². The van der Waals surface area contributed by atoms with Crippen molar-refractivity contribution >= 4 is 0 Å². The summed E-state index contributed by atoms with van der Waals surface area (Å²) in [7, 11) is 1.71. The first-order valence-corrected chi connectivity index (χ1v) is 8.24. The molecule has 1 aromatic rings. The number of nitrogens with zero attached hydrogens (tertiary/aromatic N) is 2. The second kappa shape index (κ2) is 6.32. The van der Waals surface area contributed by atoms with Crippen LogP contribution in [-0.4, -0.2) is 41.7 Å². The van der Waals surface area contributed by atoms with Gasteiger partial charge in [0.15, 0.2) is 0 Å². The number of hydrogen-bond donors (Lipinski definition) is 1. The van der Waals surface area contributed by atoms with E-state index in [0.717, 1.165) is 25.5 Å². The quantitative estimate of drug-likeness (QED) is 0.924. The summed E-state index contributed by atoms with van der Waals surface area (Å²) in [6.07, 6.45) is 8.35. The number of rotatable bonds is 4. The topological polar surface area (TPSA) is 37.4 Å². The van der Waals surface area contributed by atoms with Crippen LogP contribution in [0, 0.1) is 0 Å². The molecule has 21 heavy (non-hydrogen) atoms. The van der Waals surface area contributed by atoms with Crippen LogP contribution < -0.4 is 10.1 Å². The van der Waals surface area contributed by atoms with Crippen LogP contribution in [0.5, 0.6) is 5.88 Å². The maximum absolute atomic E-state index is 5.44. The van der Waals surface area contributed by atoms with Crippen molar-refractivity contribution in [3.63, 3.8) is 0 Å². The van der Waals surface area contributed by atoms with E-state index in [0.29, 0.717) is 11.6 Å². The Morgan fingerprint density at radius 2 is 2.24 bits per heavy atom. The molecule has 0 radical (unpaired) electrons. The first kappa shape index (κ1) is 14.8. The van der Waals surface area contributed by atoms with Gasteiger partial charge in [0.05, 0.1) is 7.11 Å². The third-order valence-electron chi connectivity index (χ3n) is 5.26. The number of hydrogen-bond acceptors (Lipinski definition) is 4. The Bertz CT molecular complexity index is 471. The average Bonchev–Trinajstić information content (AvgIpc) is 2.99. The van der Waals surface area contributed by atoms with Crippen molar-refractivity contribution in [3.8, 4) is 5.88 Å². The van der Waals surface area contributed by atoms with Crippen molar-refractivity contribution in [3.05, 3.63) is 23.9 Å². The number of ether oxygens (including phenoxy) is 1. The van der Waals surface area contributed by atoms with Gasteiger partial charge in [-0.25, -0.2) is 4.98 Å². The molecule has 1 saturated heterocycles. The lowest BCUT2D eigenvalue weighted by Gasteiger charge is -2.48. The van der Waals surface area contributed by atoms with Gasteiger partial charge in [-0.3, -0.25) is 4.90 Å². The number of aromatic nitrogens is 1. The Hall–Kier alpha value is -1.13. The van der Waals surface area contributed by atoms with Gasteiger partial charge in [-0.05, 0) is 25.3 Å². The van der Waals surface area contributed by atoms with Crippen LogP contribution in [0.15, 0.2) is 18.3 Å². The van der Waals surface area contributed by atoms with Gasteiger partial charge in [-0.2, -0.15) is 0 Å². The predicted octanol–water partition coefficient (Wildman–Crippen LogP) is 2.59. The zero-order chi connectivity index (χ0) is 14.7. The van der Waals surface area contributed by atoms with Crippen molar-refractivity contribution in [1.29, 1.82) is 0 Å². The van der Waals surface area contributed by atoms with E-state index >= 15 is 0 Å². The van der Waals surface area contributed by atoms with Gasteiger partial charge in [0, 0.05) is 43.0 Å². The zero-order valence-corrected chi connectivity index (χ0v) is 13.3. The minimum Gasteiger partial charge on any atom is -0.481 e. The second-order valence-electron chi connectivity index (χ2n) is 6.47. The van der Waals surface area contributed by atoms with E-state index in [1.165, 1.54) is 37.7 Å². The summed E-state index contributed by atoms with van der Waals surface area (Å²) in [6, 6.07) is 4.77. The van der Waals surface area contributed by atoms with Gasteiger partial charge >= 0.3 is 0 Å². The molecule has 4 nitrogen and oxygen atoms in total. The Morgan fingerprint density at radius 3 is 2.95 bits per heavy atom. The van der Waals surface area contributed by atoms with Crippen LogP contribution in [0.25, 0.3) is 0 Å². The molecular formula is C17H27N3O. The third kappa shape index (κ3) is 2.92. The summed E-state index contributed by atoms with van der Waals surface area (Å²) in [6.45, 7) is 5.49. The molecule has 2 fully saturated rings. The summed E-state index contributed by atoms with van der Waals surface area (Å²) in [5.41, 5.74) is 1.56. The minimum atomic E-state index is 0.354. The van der Waals surface area contributed by atoms with Crippen molar-refractivity contribution in [2.75, 3.05) is 20.2 Å². The number of nitrogens with one attached hydrogen (secondary N) is 1. The Kier molecular flexibility index (Phi) is 4.45. The predicted molar refractivity (Wildman–Crippen MR) is 84.5 cm³/mol. The normalized spacial score (nSPS) is 25.3. The summed E-state index contributed by atoms with van der Waals surface area (Å²) in [4.78, 5) is 7.05.